The van der Waals surface area contributed by atoms with Crippen molar-refractivity contribution >= 4 is 6.03 Å². The summed E-state index contributed by atoms with van der Waals surface area (Å²) in [4.78, 5) is 11.6. The molecule has 0 unspecified atom stereocenters. The van der Waals surface area contributed by atoms with Crippen molar-refractivity contribution in [3.8, 4) is 0 Å². The number of benzene rings is 1. The van der Waals surface area contributed by atoms with Gasteiger partial charge in [-0.15, -0.1) is 0 Å². The van der Waals surface area contributed by atoms with Crippen LogP contribution < -0.4 is 10.6 Å². The molecule has 2 amide bonds. The van der Waals surface area contributed by atoms with Crippen molar-refractivity contribution in [2.24, 2.45) is 5.92 Å². The lowest BCUT2D eigenvalue weighted by Gasteiger charge is -2.13. The van der Waals surface area contributed by atoms with Gasteiger partial charge in [0.1, 0.15) is 0 Å². The zero-order valence-corrected chi connectivity index (χ0v) is 11.8. The number of amides is 2. The number of carbonyl (C=O) groups excluding carboxylic acids is 1. The van der Waals surface area contributed by atoms with Crippen LogP contribution in [-0.4, -0.2) is 30.3 Å². The summed E-state index contributed by atoms with van der Waals surface area (Å²) in [7, 11) is 0. The number of carbonyl (C=O) groups is 1. The number of halogens is 3. The van der Waals surface area contributed by atoms with Crippen LogP contribution in [0.5, 0.6) is 0 Å². The fourth-order valence-corrected chi connectivity index (χ4v) is 2.31. The fraction of sp³-hybridized carbons (Fsp3) is 0.400. The van der Waals surface area contributed by atoms with E-state index in [0.29, 0.717) is 6.42 Å². The van der Waals surface area contributed by atoms with Gasteiger partial charge in [-0.05, 0) is 30.5 Å². The van der Waals surface area contributed by atoms with E-state index in [-0.39, 0.29) is 37.1 Å². The number of aliphatic hydroxyl groups excluding tert-OH is 1. The maximum atomic E-state index is 13.0. The van der Waals surface area contributed by atoms with Gasteiger partial charge in [-0.2, -0.15) is 0 Å². The Bertz CT molecular complexity index is 555. The van der Waals surface area contributed by atoms with Crippen LogP contribution in [0, 0.1) is 23.4 Å². The van der Waals surface area contributed by atoms with Crippen molar-refractivity contribution in [1.82, 2.24) is 10.6 Å². The van der Waals surface area contributed by atoms with Crippen molar-refractivity contribution in [3.05, 3.63) is 47.3 Å². The molecule has 0 radical (unpaired) electrons. The predicted octanol–water partition coefficient (Wildman–Crippen LogP) is 1.88. The summed E-state index contributed by atoms with van der Waals surface area (Å²) in [6.45, 7) is 0.203. The van der Waals surface area contributed by atoms with E-state index in [4.69, 9.17) is 5.11 Å². The second-order valence-corrected chi connectivity index (χ2v) is 5.19. The molecule has 0 heterocycles. The van der Waals surface area contributed by atoms with E-state index in [1.165, 1.54) is 0 Å². The van der Waals surface area contributed by atoms with Gasteiger partial charge in [-0.25, -0.2) is 18.0 Å². The maximum Gasteiger partial charge on any atom is 0.315 e. The molecular weight excluding hydrogens is 297 g/mol. The number of hydrogen-bond acceptors (Lipinski definition) is 2. The van der Waals surface area contributed by atoms with Gasteiger partial charge in [-0.3, -0.25) is 0 Å². The zero-order valence-electron chi connectivity index (χ0n) is 11.8. The van der Waals surface area contributed by atoms with Gasteiger partial charge >= 0.3 is 6.03 Å². The Kier molecular flexibility index (Phi) is 5.43. The molecule has 1 aliphatic carbocycles. The lowest BCUT2D eigenvalue weighted by molar-refractivity contribution is 0.231. The average Bonchev–Trinajstić information content (AvgIpc) is 2.92. The molecule has 1 aromatic rings. The first-order valence-corrected chi connectivity index (χ1v) is 6.96. The van der Waals surface area contributed by atoms with Crippen LogP contribution in [-0.2, 0) is 6.42 Å². The van der Waals surface area contributed by atoms with Gasteiger partial charge < -0.3 is 15.7 Å². The van der Waals surface area contributed by atoms with E-state index in [0.717, 1.165) is 12.1 Å². The Morgan fingerprint density at radius 3 is 2.50 bits per heavy atom. The van der Waals surface area contributed by atoms with Crippen molar-refractivity contribution in [3.63, 3.8) is 0 Å². The lowest BCUT2D eigenvalue weighted by Crippen LogP contribution is -2.41. The van der Waals surface area contributed by atoms with E-state index in [1.54, 1.807) is 0 Å². The smallest absolute Gasteiger partial charge is 0.315 e. The molecule has 0 saturated carbocycles. The molecule has 0 aromatic heterocycles. The van der Waals surface area contributed by atoms with Gasteiger partial charge in [0.05, 0.1) is 0 Å². The topological polar surface area (TPSA) is 61.4 Å². The fourth-order valence-electron chi connectivity index (χ4n) is 2.31. The molecule has 3 N–H and O–H groups in total. The van der Waals surface area contributed by atoms with Crippen LogP contribution in [0.15, 0.2) is 24.3 Å². The number of hydrogen-bond donors (Lipinski definition) is 3. The normalized spacial score (nSPS) is 20.2. The molecule has 22 heavy (non-hydrogen) atoms. The average molecular weight is 314 g/mol. The minimum Gasteiger partial charge on any atom is -0.396 e. The van der Waals surface area contributed by atoms with Crippen molar-refractivity contribution < 1.29 is 23.1 Å². The third-order valence-corrected chi connectivity index (χ3v) is 3.47. The Balaban J connectivity index is 1.75. The van der Waals surface area contributed by atoms with Crippen LogP contribution >= 0.6 is 0 Å². The van der Waals surface area contributed by atoms with Gasteiger partial charge in [-0.1, -0.05) is 12.2 Å². The molecule has 0 bridgehead atoms. The highest BCUT2D eigenvalue weighted by molar-refractivity contribution is 5.74. The summed E-state index contributed by atoms with van der Waals surface area (Å²) in [6.07, 6.45) is 4.47. The summed E-state index contributed by atoms with van der Waals surface area (Å²) in [5, 5.41) is 14.2. The number of nitrogens with one attached hydrogen (secondary N) is 2. The Hall–Kier alpha value is -2.02. The summed E-state index contributed by atoms with van der Waals surface area (Å²) in [6, 6.07) is 1.27. The summed E-state index contributed by atoms with van der Waals surface area (Å²) >= 11 is 0. The minimum absolute atomic E-state index is 0.0397. The molecule has 4 nitrogen and oxygen atoms in total. The Morgan fingerprint density at radius 1 is 1.23 bits per heavy atom. The summed E-state index contributed by atoms with van der Waals surface area (Å²) < 4.78 is 38.8. The first kappa shape index (κ1) is 16.4. The minimum atomic E-state index is -1.50. The second kappa shape index (κ2) is 7.31. The molecule has 2 rings (SSSR count). The molecule has 1 aromatic carbocycles. The molecule has 120 valence electrons. The van der Waals surface area contributed by atoms with Gasteiger partial charge in [0.2, 0.25) is 0 Å². The highest BCUT2D eigenvalue weighted by atomic mass is 19.2. The van der Waals surface area contributed by atoms with Gasteiger partial charge in [0.25, 0.3) is 0 Å². The van der Waals surface area contributed by atoms with E-state index < -0.39 is 23.5 Å². The van der Waals surface area contributed by atoms with Crippen LogP contribution in [0.4, 0.5) is 18.0 Å². The van der Waals surface area contributed by atoms with Crippen LogP contribution in [0.2, 0.25) is 0 Å². The Labute approximate surface area is 126 Å². The largest absolute Gasteiger partial charge is 0.396 e. The van der Waals surface area contributed by atoms with Crippen molar-refractivity contribution in [2.45, 2.75) is 18.9 Å². The summed E-state index contributed by atoms with van der Waals surface area (Å²) in [5.74, 6) is -3.94. The zero-order chi connectivity index (χ0) is 16.1. The maximum absolute atomic E-state index is 13.0. The quantitative estimate of drug-likeness (QED) is 0.574. The molecule has 7 heteroatoms. The Morgan fingerprint density at radius 2 is 1.91 bits per heavy atom. The van der Waals surface area contributed by atoms with Gasteiger partial charge in [0, 0.05) is 25.1 Å². The van der Waals surface area contributed by atoms with E-state index in [1.807, 2.05) is 12.2 Å². The monoisotopic (exact) mass is 314 g/mol. The van der Waals surface area contributed by atoms with E-state index >= 15 is 0 Å². The van der Waals surface area contributed by atoms with Crippen LogP contribution in [0.1, 0.15) is 12.0 Å². The molecule has 0 fully saturated rings. The third kappa shape index (κ3) is 4.24. The second-order valence-electron chi connectivity index (χ2n) is 5.19. The molecule has 0 spiro atoms. The lowest BCUT2D eigenvalue weighted by atomic mass is 10.1. The number of urea groups is 1. The highest BCUT2D eigenvalue weighted by Crippen LogP contribution is 2.17. The number of rotatable bonds is 5. The SMILES string of the molecule is O=C(NCCc1cc(F)c(F)c(F)c1)N[C@@H]1C=C[C@H](CO)C1. The molecule has 0 saturated heterocycles. The molecule has 0 aliphatic heterocycles. The number of aliphatic hydroxyl groups is 1. The van der Waals surface area contributed by atoms with Crippen molar-refractivity contribution in [2.75, 3.05) is 13.2 Å². The standard InChI is InChI=1S/C15H17F3N2O2/c16-12-6-9(7-13(17)14(12)18)3-4-19-15(22)20-11-2-1-10(5-11)8-21/h1-2,6-7,10-11,21H,3-5,8H2,(H2,19,20,22)/t10-,11+/m0/s1. The third-order valence-electron chi connectivity index (χ3n) is 3.47. The van der Waals surface area contributed by atoms with Crippen LogP contribution in [0.3, 0.4) is 0 Å². The van der Waals surface area contributed by atoms with E-state index in [2.05, 4.69) is 10.6 Å². The van der Waals surface area contributed by atoms with Crippen LogP contribution in [0.25, 0.3) is 0 Å². The molecule has 2 atom stereocenters. The van der Waals surface area contributed by atoms with Gasteiger partial charge in [0.15, 0.2) is 17.5 Å². The summed E-state index contributed by atoms with van der Waals surface area (Å²) in [5.41, 5.74) is 0.262. The molecule has 1 aliphatic rings. The predicted molar refractivity (Wildman–Crippen MR) is 74.7 cm³/mol. The molecular formula is C15H17F3N2O2. The van der Waals surface area contributed by atoms with E-state index in [9.17, 15) is 18.0 Å². The highest BCUT2D eigenvalue weighted by Gasteiger charge is 2.19. The first-order chi connectivity index (χ1) is 10.5. The van der Waals surface area contributed by atoms with Crippen molar-refractivity contribution in [1.29, 1.82) is 0 Å². The first-order valence-electron chi connectivity index (χ1n) is 6.96.